The standard InChI is InChI=1S/C22H27N3O3S/c1-4-18(15-7-12-19(27-2)20(14-15)28-3)24-22(29)23-16-8-10-17(11-9-16)25-13-5-6-21(25)26/h7-12,14,18H,4-6,13H2,1-3H3,(H2,23,24,29)/t18-/m1/s1. The second-order valence-corrected chi connectivity index (χ2v) is 7.28. The average molecular weight is 414 g/mol. The number of anilines is 2. The molecule has 0 aromatic heterocycles. The molecule has 0 bridgehead atoms. The van der Waals surface area contributed by atoms with Crippen molar-refractivity contribution in [2.45, 2.75) is 32.2 Å². The first-order chi connectivity index (χ1) is 14.0. The molecule has 2 N–H and O–H groups in total. The summed E-state index contributed by atoms with van der Waals surface area (Å²) in [6.07, 6.45) is 2.40. The number of hydrogen-bond acceptors (Lipinski definition) is 4. The van der Waals surface area contributed by atoms with Gasteiger partial charge in [-0.25, -0.2) is 0 Å². The Morgan fingerprint density at radius 1 is 1.14 bits per heavy atom. The van der Waals surface area contributed by atoms with Crippen molar-refractivity contribution < 1.29 is 14.3 Å². The molecule has 29 heavy (non-hydrogen) atoms. The number of carbonyl (C=O) groups excluding carboxylic acids is 1. The third-order valence-corrected chi connectivity index (χ3v) is 5.25. The summed E-state index contributed by atoms with van der Waals surface area (Å²) in [7, 11) is 3.25. The van der Waals surface area contributed by atoms with E-state index in [2.05, 4.69) is 17.6 Å². The van der Waals surface area contributed by atoms with Crippen LogP contribution in [0.4, 0.5) is 11.4 Å². The molecule has 1 aliphatic heterocycles. The maximum absolute atomic E-state index is 11.9. The molecule has 0 saturated carbocycles. The lowest BCUT2D eigenvalue weighted by Crippen LogP contribution is -2.32. The highest BCUT2D eigenvalue weighted by Gasteiger charge is 2.21. The van der Waals surface area contributed by atoms with Crippen LogP contribution in [0, 0.1) is 0 Å². The second kappa shape index (κ2) is 9.60. The Morgan fingerprint density at radius 3 is 2.45 bits per heavy atom. The van der Waals surface area contributed by atoms with Crippen LogP contribution in [0.2, 0.25) is 0 Å². The highest BCUT2D eigenvalue weighted by molar-refractivity contribution is 7.80. The molecule has 0 aliphatic carbocycles. The molecule has 0 unspecified atom stereocenters. The Balaban J connectivity index is 1.63. The second-order valence-electron chi connectivity index (χ2n) is 6.87. The van der Waals surface area contributed by atoms with Gasteiger partial charge in [-0.2, -0.15) is 0 Å². The number of thiocarbonyl (C=S) groups is 1. The minimum atomic E-state index is 0.0382. The summed E-state index contributed by atoms with van der Waals surface area (Å²) in [5.41, 5.74) is 2.87. The normalized spacial score (nSPS) is 14.4. The first kappa shape index (κ1) is 20.9. The van der Waals surface area contributed by atoms with Crippen LogP contribution >= 0.6 is 12.2 Å². The lowest BCUT2D eigenvalue weighted by molar-refractivity contribution is -0.117. The molecule has 2 aromatic carbocycles. The van der Waals surface area contributed by atoms with E-state index in [1.165, 1.54) is 0 Å². The number of benzene rings is 2. The molecular formula is C22H27N3O3S. The van der Waals surface area contributed by atoms with Crippen molar-refractivity contribution >= 4 is 34.6 Å². The van der Waals surface area contributed by atoms with Crippen molar-refractivity contribution in [1.82, 2.24) is 5.32 Å². The summed E-state index contributed by atoms with van der Waals surface area (Å²) >= 11 is 5.50. The van der Waals surface area contributed by atoms with Crippen molar-refractivity contribution in [2.24, 2.45) is 0 Å². The zero-order chi connectivity index (χ0) is 20.8. The molecule has 1 aliphatic rings. The fraction of sp³-hybridized carbons (Fsp3) is 0.364. The van der Waals surface area contributed by atoms with Gasteiger partial charge in [-0.15, -0.1) is 0 Å². The smallest absolute Gasteiger partial charge is 0.227 e. The zero-order valence-corrected chi connectivity index (χ0v) is 17.8. The number of nitrogens with one attached hydrogen (secondary N) is 2. The van der Waals surface area contributed by atoms with E-state index in [-0.39, 0.29) is 11.9 Å². The Bertz CT molecular complexity index is 870. The molecule has 1 heterocycles. The van der Waals surface area contributed by atoms with Gasteiger partial charge in [0.15, 0.2) is 16.6 Å². The Morgan fingerprint density at radius 2 is 1.86 bits per heavy atom. The lowest BCUT2D eigenvalue weighted by Gasteiger charge is -2.21. The van der Waals surface area contributed by atoms with E-state index < -0.39 is 0 Å². The summed E-state index contributed by atoms with van der Waals surface area (Å²) in [5, 5.41) is 7.11. The summed E-state index contributed by atoms with van der Waals surface area (Å²) < 4.78 is 10.7. The largest absolute Gasteiger partial charge is 0.493 e. The summed E-state index contributed by atoms with van der Waals surface area (Å²) in [5.74, 6) is 1.57. The van der Waals surface area contributed by atoms with Crippen molar-refractivity contribution in [3.05, 3.63) is 48.0 Å². The molecule has 2 aromatic rings. The summed E-state index contributed by atoms with van der Waals surface area (Å²) in [6.45, 7) is 2.88. The molecule has 7 heteroatoms. The van der Waals surface area contributed by atoms with Gasteiger partial charge in [-0.05, 0) is 67.0 Å². The molecule has 1 saturated heterocycles. The SMILES string of the molecule is CC[C@@H](NC(=S)Nc1ccc(N2CCCC2=O)cc1)c1ccc(OC)c(OC)c1. The van der Waals surface area contributed by atoms with Gasteiger partial charge in [0, 0.05) is 24.3 Å². The van der Waals surface area contributed by atoms with Crippen molar-refractivity contribution in [3.63, 3.8) is 0 Å². The third kappa shape index (κ3) is 4.98. The summed E-state index contributed by atoms with van der Waals surface area (Å²) in [4.78, 5) is 13.7. The number of carbonyl (C=O) groups is 1. The minimum Gasteiger partial charge on any atom is -0.493 e. The number of rotatable bonds is 7. The van der Waals surface area contributed by atoms with Crippen LogP contribution in [0.1, 0.15) is 37.8 Å². The van der Waals surface area contributed by atoms with Crippen LogP contribution in [-0.2, 0) is 4.79 Å². The van der Waals surface area contributed by atoms with E-state index in [1.54, 1.807) is 14.2 Å². The number of methoxy groups -OCH3 is 2. The van der Waals surface area contributed by atoms with Gasteiger partial charge >= 0.3 is 0 Å². The molecule has 6 nitrogen and oxygen atoms in total. The predicted molar refractivity (Wildman–Crippen MR) is 120 cm³/mol. The summed E-state index contributed by atoms with van der Waals surface area (Å²) in [6, 6.07) is 13.7. The van der Waals surface area contributed by atoms with Gasteiger partial charge in [0.05, 0.1) is 20.3 Å². The van der Waals surface area contributed by atoms with Crippen LogP contribution in [0.15, 0.2) is 42.5 Å². The van der Waals surface area contributed by atoms with E-state index >= 15 is 0 Å². The van der Waals surface area contributed by atoms with Crippen molar-refractivity contribution in [3.8, 4) is 11.5 Å². The number of hydrogen-bond donors (Lipinski definition) is 2. The van der Waals surface area contributed by atoms with Crippen LogP contribution in [0.5, 0.6) is 11.5 Å². The van der Waals surface area contributed by atoms with Crippen molar-refractivity contribution in [1.29, 1.82) is 0 Å². The van der Waals surface area contributed by atoms with E-state index in [4.69, 9.17) is 21.7 Å². The molecule has 1 fully saturated rings. The topological polar surface area (TPSA) is 62.8 Å². The van der Waals surface area contributed by atoms with Crippen LogP contribution in [0.3, 0.4) is 0 Å². The van der Waals surface area contributed by atoms with Crippen LogP contribution < -0.4 is 25.0 Å². The lowest BCUT2D eigenvalue weighted by atomic mass is 10.0. The molecule has 3 rings (SSSR count). The maximum Gasteiger partial charge on any atom is 0.227 e. The van der Waals surface area contributed by atoms with Gasteiger partial charge < -0.3 is 25.0 Å². The van der Waals surface area contributed by atoms with Crippen molar-refractivity contribution in [2.75, 3.05) is 31.0 Å². The molecule has 1 amide bonds. The van der Waals surface area contributed by atoms with Gasteiger partial charge in [0.25, 0.3) is 0 Å². The van der Waals surface area contributed by atoms with Crippen LogP contribution in [-0.4, -0.2) is 31.8 Å². The monoisotopic (exact) mass is 413 g/mol. The average Bonchev–Trinajstić information content (AvgIpc) is 3.18. The van der Waals surface area contributed by atoms with E-state index in [9.17, 15) is 4.79 Å². The molecular weight excluding hydrogens is 386 g/mol. The van der Waals surface area contributed by atoms with E-state index in [1.807, 2.05) is 47.4 Å². The number of amides is 1. The molecule has 154 valence electrons. The molecule has 0 spiro atoms. The van der Waals surface area contributed by atoms with Gasteiger partial charge in [-0.3, -0.25) is 4.79 Å². The predicted octanol–water partition coefficient (Wildman–Crippen LogP) is 4.27. The van der Waals surface area contributed by atoms with Crippen LogP contribution in [0.25, 0.3) is 0 Å². The quantitative estimate of drug-likeness (QED) is 0.661. The molecule has 1 atom stereocenters. The minimum absolute atomic E-state index is 0.0382. The Kier molecular flexibility index (Phi) is 6.93. The Labute approximate surface area is 177 Å². The Hall–Kier alpha value is -2.80. The fourth-order valence-corrected chi connectivity index (χ4v) is 3.72. The maximum atomic E-state index is 11.9. The fourth-order valence-electron chi connectivity index (χ4n) is 3.46. The number of ether oxygens (including phenoxy) is 2. The third-order valence-electron chi connectivity index (χ3n) is 5.03. The first-order valence-corrected chi connectivity index (χ1v) is 10.2. The number of nitrogens with zero attached hydrogens (tertiary/aromatic N) is 1. The van der Waals surface area contributed by atoms with Gasteiger partial charge in [0.1, 0.15) is 0 Å². The first-order valence-electron chi connectivity index (χ1n) is 9.75. The zero-order valence-electron chi connectivity index (χ0n) is 17.0. The van der Waals surface area contributed by atoms with Gasteiger partial charge in [-0.1, -0.05) is 13.0 Å². The van der Waals surface area contributed by atoms with E-state index in [0.717, 1.165) is 36.3 Å². The highest BCUT2D eigenvalue weighted by Crippen LogP contribution is 2.31. The van der Waals surface area contributed by atoms with E-state index in [0.29, 0.717) is 23.0 Å². The highest BCUT2D eigenvalue weighted by atomic mass is 32.1. The molecule has 0 radical (unpaired) electrons. The van der Waals surface area contributed by atoms with Gasteiger partial charge in [0.2, 0.25) is 5.91 Å².